The molecule has 0 radical (unpaired) electrons. The molecule has 0 atom stereocenters. The highest BCUT2D eigenvalue weighted by atomic mass is 16.5. The quantitative estimate of drug-likeness (QED) is 0.567. The van der Waals surface area contributed by atoms with Crippen LogP contribution in [-0.2, 0) is 11.2 Å². The van der Waals surface area contributed by atoms with Gasteiger partial charge in [-0.3, -0.25) is 0 Å². The number of allylic oxidation sites excluding steroid dienone is 3. The highest BCUT2D eigenvalue weighted by Gasteiger charge is 2.27. The van der Waals surface area contributed by atoms with Gasteiger partial charge in [0.05, 0.1) is 12.6 Å². The summed E-state index contributed by atoms with van der Waals surface area (Å²) in [5.41, 5.74) is 4.26. The first kappa shape index (κ1) is 17.8. The molecule has 1 aromatic rings. The molecule has 2 aliphatic rings. The second-order valence-electron chi connectivity index (χ2n) is 7.43. The Labute approximate surface area is 155 Å². The minimum atomic E-state index is -0.435. The lowest BCUT2D eigenvalue weighted by atomic mass is 9.93. The van der Waals surface area contributed by atoms with Crippen molar-refractivity contribution in [3.05, 3.63) is 69.9 Å². The molecule has 4 nitrogen and oxygen atoms in total. The average Bonchev–Trinajstić information content (AvgIpc) is 2.60. The van der Waals surface area contributed by atoms with E-state index in [0.717, 1.165) is 24.1 Å². The number of hydrogen-bond acceptors (Lipinski definition) is 3. The molecule has 0 saturated carbocycles. The maximum Gasteiger partial charge on any atom is 0.265 e. The monoisotopic (exact) mass is 345 g/mol. The number of hydrogen-bond donors (Lipinski definition) is 0. The van der Waals surface area contributed by atoms with Gasteiger partial charge in [0.25, 0.3) is 5.70 Å². The lowest BCUT2D eigenvalue weighted by Crippen LogP contribution is -2.27. The second kappa shape index (κ2) is 7.10. The Morgan fingerprint density at radius 2 is 2.19 bits per heavy atom. The van der Waals surface area contributed by atoms with Gasteiger partial charge in [0.2, 0.25) is 0 Å². The van der Waals surface area contributed by atoms with E-state index >= 15 is 0 Å². The first-order valence-corrected chi connectivity index (χ1v) is 8.85. The van der Waals surface area contributed by atoms with Crippen LogP contribution in [0.4, 0.5) is 5.69 Å². The first-order valence-electron chi connectivity index (χ1n) is 8.85. The fourth-order valence-corrected chi connectivity index (χ4v) is 3.56. The Kier molecular flexibility index (Phi) is 4.87. The normalized spacial score (nSPS) is 20.5. The van der Waals surface area contributed by atoms with Gasteiger partial charge in [0.1, 0.15) is 11.4 Å². The standard InChI is InChI=1S/C22H23N3O/c1-22(2)14-18(20(15-23)24-3)13-19(26-22)9-7-16-8-10-21-17(12-16)6-5-11-25(21)4/h7-10,12-13H,5-6,11,14H2,1-2,4H3. The summed E-state index contributed by atoms with van der Waals surface area (Å²) >= 11 is 0. The van der Waals surface area contributed by atoms with E-state index in [2.05, 4.69) is 35.0 Å². The molecule has 132 valence electrons. The van der Waals surface area contributed by atoms with Crippen LogP contribution in [0, 0.1) is 17.9 Å². The van der Waals surface area contributed by atoms with Crippen LogP contribution in [0.15, 0.2) is 47.4 Å². The molecule has 0 fully saturated rings. The van der Waals surface area contributed by atoms with E-state index in [0.29, 0.717) is 12.2 Å². The van der Waals surface area contributed by atoms with Gasteiger partial charge in [-0.05, 0) is 67.7 Å². The van der Waals surface area contributed by atoms with Crippen LogP contribution >= 0.6 is 0 Å². The van der Waals surface area contributed by atoms with Crippen LogP contribution in [0.2, 0.25) is 0 Å². The average molecular weight is 345 g/mol. The summed E-state index contributed by atoms with van der Waals surface area (Å²) in [6.07, 6.45) is 8.61. The smallest absolute Gasteiger partial charge is 0.265 e. The summed E-state index contributed by atoms with van der Waals surface area (Å²) in [5.74, 6) is 0.683. The van der Waals surface area contributed by atoms with Crippen LogP contribution < -0.4 is 4.90 Å². The number of nitrogens with zero attached hydrogens (tertiary/aromatic N) is 3. The van der Waals surface area contributed by atoms with Gasteiger partial charge in [-0.25, -0.2) is 10.1 Å². The molecule has 0 spiro atoms. The van der Waals surface area contributed by atoms with Crippen molar-refractivity contribution in [1.82, 2.24) is 0 Å². The molecule has 0 saturated heterocycles. The highest BCUT2D eigenvalue weighted by Crippen LogP contribution is 2.33. The zero-order valence-corrected chi connectivity index (χ0v) is 15.5. The summed E-state index contributed by atoms with van der Waals surface area (Å²) in [4.78, 5) is 5.64. The van der Waals surface area contributed by atoms with Crippen LogP contribution in [0.5, 0.6) is 0 Å². The molecule has 0 aliphatic carbocycles. The summed E-state index contributed by atoms with van der Waals surface area (Å²) < 4.78 is 6.01. The molecule has 1 aromatic carbocycles. The SMILES string of the molecule is [C-]#[N+]C(C#N)=C1C=C(C=Cc2ccc3c(c2)CCCN3C)OC(C)(C)C1. The molecule has 2 heterocycles. The summed E-state index contributed by atoms with van der Waals surface area (Å²) in [6, 6.07) is 8.50. The lowest BCUT2D eigenvalue weighted by molar-refractivity contribution is 0.0356. The van der Waals surface area contributed by atoms with Gasteiger partial charge in [-0.1, -0.05) is 12.1 Å². The van der Waals surface area contributed by atoms with Crippen molar-refractivity contribution in [3.63, 3.8) is 0 Å². The van der Waals surface area contributed by atoms with Crippen molar-refractivity contribution in [1.29, 1.82) is 5.26 Å². The highest BCUT2D eigenvalue weighted by molar-refractivity contribution is 5.63. The van der Waals surface area contributed by atoms with Gasteiger partial charge in [0.15, 0.2) is 0 Å². The third-order valence-electron chi connectivity index (χ3n) is 4.74. The molecule has 0 bridgehead atoms. The Balaban J connectivity index is 1.89. The van der Waals surface area contributed by atoms with Crippen LogP contribution in [-0.4, -0.2) is 19.2 Å². The fourth-order valence-electron chi connectivity index (χ4n) is 3.56. The Hall–Kier alpha value is -2.98. The minimum absolute atomic E-state index is 0.143. The fraction of sp³-hybridized carbons (Fsp3) is 0.364. The van der Waals surface area contributed by atoms with Crippen molar-refractivity contribution in [2.75, 3.05) is 18.5 Å². The Morgan fingerprint density at radius 1 is 1.38 bits per heavy atom. The van der Waals surface area contributed by atoms with Gasteiger partial charge < -0.3 is 9.64 Å². The van der Waals surface area contributed by atoms with Crippen molar-refractivity contribution < 1.29 is 4.74 Å². The molecular formula is C22H23N3O. The van der Waals surface area contributed by atoms with E-state index in [9.17, 15) is 0 Å². The van der Waals surface area contributed by atoms with Crippen molar-refractivity contribution in [2.24, 2.45) is 0 Å². The van der Waals surface area contributed by atoms with E-state index in [4.69, 9.17) is 16.6 Å². The molecule has 4 heteroatoms. The van der Waals surface area contributed by atoms with E-state index in [1.54, 1.807) is 0 Å². The van der Waals surface area contributed by atoms with E-state index in [1.165, 1.54) is 17.7 Å². The van der Waals surface area contributed by atoms with E-state index < -0.39 is 5.60 Å². The number of anilines is 1. The van der Waals surface area contributed by atoms with Gasteiger partial charge >= 0.3 is 0 Å². The molecule has 0 unspecified atom stereocenters. The topological polar surface area (TPSA) is 40.6 Å². The van der Waals surface area contributed by atoms with Crippen molar-refractivity contribution in [2.45, 2.75) is 38.7 Å². The van der Waals surface area contributed by atoms with Crippen molar-refractivity contribution in [3.8, 4) is 6.07 Å². The molecule has 0 N–H and O–H groups in total. The summed E-state index contributed by atoms with van der Waals surface area (Å²) in [5, 5.41) is 9.16. The summed E-state index contributed by atoms with van der Waals surface area (Å²) in [6.45, 7) is 12.2. The summed E-state index contributed by atoms with van der Waals surface area (Å²) in [7, 11) is 2.13. The maximum atomic E-state index is 9.16. The number of aryl methyl sites for hydroxylation is 1. The van der Waals surface area contributed by atoms with Crippen LogP contribution in [0.3, 0.4) is 0 Å². The molecule has 0 aromatic heterocycles. The zero-order chi connectivity index (χ0) is 18.7. The molecule has 0 amide bonds. The largest absolute Gasteiger partial charge is 0.488 e. The maximum absolute atomic E-state index is 9.16. The molecule has 3 rings (SSSR count). The number of rotatable bonds is 2. The predicted molar refractivity (Wildman–Crippen MR) is 104 cm³/mol. The predicted octanol–water partition coefficient (Wildman–Crippen LogP) is 4.86. The number of benzene rings is 1. The zero-order valence-electron chi connectivity index (χ0n) is 15.5. The van der Waals surface area contributed by atoms with Gasteiger partial charge in [0, 0.05) is 25.7 Å². The number of ether oxygens (including phenoxy) is 1. The van der Waals surface area contributed by atoms with Crippen molar-refractivity contribution >= 4 is 11.8 Å². The number of fused-ring (bicyclic) bond motifs is 1. The number of nitriles is 1. The third kappa shape index (κ3) is 3.81. The molecule has 2 aliphatic heterocycles. The third-order valence-corrected chi connectivity index (χ3v) is 4.74. The van der Waals surface area contributed by atoms with E-state index in [-0.39, 0.29) is 5.70 Å². The first-order chi connectivity index (χ1) is 12.4. The molecular weight excluding hydrogens is 322 g/mol. The lowest BCUT2D eigenvalue weighted by Gasteiger charge is -2.32. The molecule has 26 heavy (non-hydrogen) atoms. The van der Waals surface area contributed by atoms with Gasteiger partial charge in [-0.2, -0.15) is 0 Å². The van der Waals surface area contributed by atoms with Gasteiger partial charge in [-0.15, -0.1) is 0 Å². The Morgan fingerprint density at radius 3 is 2.92 bits per heavy atom. The van der Waals surface area contributed by atoms with Crippen LogP contribution in [0.25, 0.3) is 10.9 Å². The van der Waals surface area contributed by atoms with Crippen LogP contribution in [0.1, 0.15) is 37.8 Å². The minimum Gasteiger partial charge on any atom is -0.488 e. The second-order valence-corrected chi connectivity index (χ2v) is 7.43. The Bertz CT molecular complexity index is 875. The van der Waals surface area contributed by atoms with E-state index in [1.807, 2.05) is 38.1 Å².